The fourth-order valence-corrected chi connectivity index (χ4v) is 1.20. The van der Waals surface area contributed by atoms with E-state index >= 15 is 0 Å². The molecule has 8 heteroatoms. The Morgan fingerprint density at radius 2 is 1.62 bits per heavy atom. The zero-order chi connectivity index (χ0) is 16.6. The summed E-state index contributed by atoms with van der Waals surface area (Å²) in [4.78, 5) is 45.0. The van der Waals surface area contributed by atoms with Crippen molar-refractivity contribution in [3.05, 3.63) is 0 Å². The molecule has 0 fully saturated rings. The van der Waals surface area contributed by atoms with Crippen molar-refractivity contribution in [1.82, 2.24) is 5.32 Å². The van der Waals surface area contributed by atoms with Crippen molar-refractivity contribution in [3.63, 3.8) is 0 Å². The molecule has 0 saturated carbocycles. The van der Waals surface area contributed by atoms with E-state index in [1.54, 1.807) is 20.8 Å². The molecule has 8 nitrogen and oxygen atoms in total. The van der Waals surface area contributed by atoms with E-state index in [1.165, 1.54) is 6.92 Å². The number of rotatable bonds is 6. The Morgan fingerprint density at radius 1 is 1.05 bits per heavy atom. The maximum absolute atomic E-state index is 11.7. The second kappa shape index (κ2) is 8.23. The summed E-state index contributed by atoms with van der Waals surface area (Å²) < 4.78 is 14.1. The lowest BCUT2D eigenvalue weighted by molar-refractivity contribution is -0.167. The van der Waals surface area contributed by atoms with Crippen LogP contribution in [-0.4, -0.2) is 42.3 Å². The molecule has 120 valence electrons. The van der Waals surface area contributed by atoms with Gasteiger partial charge in [0.2, 0.25) is 6.79 Å². The van der Waals surface area contributed by atoms with Gasteiger partial charge in [0, 0.05) is 13.3 Å². The van der Waals surface area contributed by atoms with E-state index in [0.29, 0.717) is 0 Å². The van der Waals surface area contributed by atoms with Gasteiger partial charge in [-0.25, -0.2) is 9.59 Å². The zero-order valence-corrected chi connectivity index (χ0v) is 12.8. The van der Waals surface area contributed by atoms with Crippen LogP contribution in [-0.2, 0) is 28.6 Å². The number of ketones is 1. The standard InChI is InChI=1S/C13H21NO7/c1-8(15)6-10(11(17)20-7-19-9(2)16)14-12(18)21-13(3,4)5/h10H,6-7H2,1-5H3,(H,14,18). The first-order valence-electron chi connectivity index (χ1n) is 6.30. The fraction of sp³-hybridized carbons (Fsp3) is 0.692. The van der Waals surface area contributed by atoms with E-state index in [0.717, 1.165) is 6.92 Å². The average Bonchev–Trinajstić information content (AvgIpc) is 2.23. The molecule has 0 heterocycles. The van der Waals surface area contributed by atoms with Gasteiger partial charge >= 0.3 is 18.0 Å². The summed E-state index contributed by atoms with van der Waals surface area (Å²) in [5.41, 5.74) is -0.744. The van der Waals surface area contributed by atoms with Gasteiger partial charge in [-0.05, 0) is 27.7 Å². The Labute approximate surface area is 123 Å². The van der Waals surface area contributed by atoms with Crippen molar-refractivity contribution in [2.24, 2.45) is 0 Å². The maximum Gasteiger partial charge on any atom is 0.408 e. The van der Waals surface area contributed by atoms with Gasteiger partial charge < -0.3 is 19.5 Å². The minimum Gasteiger partial charge on any atom is -0.444 e. The molecule has 0 radical (unpaired) electrons. The number of ether oxygens (including phenoxy) is 3. The van der Waals surface area contributed by atoms with Crippen LogP contribution in [0, 0.1) is 0 Å². The second-order valence-electron chi connectivity index (χ2n) is 5.32. The number of Topliss-reactive ketones (excluding diaryl/α,β-unsaturated/α-hetero) is 1. The lowest BCUT2D eigenvalue weighted by Crippen LogP contribution is -2.45. The number of hydrogen-bond donors (Lipinski definition) is 1. The number of nitrogens with one attached hydrogen (secondary N) is 1. The average molecular weight is 303 g/mol. The smallest absolute Gasteiger partial charge is 0.408 e. The van der Waals surface area contributed by atoms with Crippen molar-refractivity contribution >= 4 is 23.8 Å². The monoisotopic (exact) mass is 303 g/mol. The van der Waals surface area contributed by atoms with Crippen LogP contribution in [0.15, 0.2) is 0 Å². The number of esters is 2. The van der Waals surface area contributed by atoms with Crippen LogP contribution in [0.1, 0.15) is 41.0 Å². The lowest BCUT2D eigenvalue weighted by Gasteiger charge is -2.22. The van der Waals surface area contributed by atoms with Crippen LogP contribution in [0.2, 0.25) is 0 Å². The Bertz CT molecular complexity index is 411. The van der Waals surface area contributed by atoms with Gasteiger partial charge in [-0.15, -0.1) is 0 Å². The first-order chi connectivity index (χ1) is 9.51. The first kappa shape index (κ1) is 18.9. The van der Waals surface area contributed by atoms with Crippen LogP contribution >= 0.6 is 0 Å². The van der Waals surface area contributed by atoms with Gasteiger partial charge in [0.1, 0.15) is 17.4 Å². The number of carbonyl (C=O) groups excluding carboxylic acids is 4. The Balaban J connectivity index is 4.56. The molecule has 0 saturated heterocycles. The van der Waals surface area contributed by atoms with Gasteiger partial charge in [0.05, 0.1) is 0 Å². The van der Waals surface area contributed by atoms with Gasteiger partial charge in [0.15, 0.2) is 0 Å². The van der Waals surface area contributed by atoms with E-state index in [2.05, 4.69) is 14.8 Å². The molecule has 0 rings (SSSR count). The van der Waals surface area contributed by atoms with Crippen molar-refractivity contribution in [1.29, 1.82) is 0 Å². The highest BCUT2D eigenvalue weighted by atomic mass is 16.7. The summed E-state index contributed by atoms with van der Waals surface area (Å²) in [5, 5.41) is 2.25. The summed E-state index contributed by atoms with van der Waals surface area (Å²) in [5.74, 6) is -1.83. The van der Waals surface area contributed by atoms with Gasteiger partial charge in [-0.3, -0.25) is 9.59 Å². The van der Waals surface area contributed by atoms with Crippen LogP contribution in [0.25, 0.3) is 0 Å². The largest absolute Gasteiger partial charge is 0.444 e. The zero-order valence-electron chi connectivity index (χ0n) is 12.8. The van der Waals surface area contributed by atoms with Gasteiger partial charge in [-0.2, -0.15) is 0 Å². The molecule has 0 aliphatic heterocycles. The summed E-state index contributed by atoms with van der Waals surface area (Å²) in [7, 11) is 0. The van der Waals surface area contributed by atoms with E-state index in [9.17, 15) is 19.2 Å². The molecule has 1 unspecified atom stereocenters. The predicted octanol–water partition coefficient (Wildman–Crippen LogP) is 0.923. The SMILES string of the molecule is CC(=O)CC(NC(=O)OC(C)(C)C)C(=O)OCOC(C)=O. The van der Waals surface area contributed by atoms with Crippen LogP contribution in [0.5, 0.6) is 0 Å². The van der Waals surface area contributed by atoms with E-state index in [-0.39, 0.29) is 12.2 Å². The molecule has 0 aliphatic rings. The molecule has 0 aromatic carbocycles. The number of hydrogen-bond acceptors (Lipinski definition) is 7. The summed E-state index contributed by atoms with van der Waals surface area (Å²) in [6.07, 6.45) is -1.10. The highest BCUT2D eigenvalue weighted by molar-refractivity contribution is 5.88. The van der Waals surface area contributed by atoms with E-state index in [4.69, 9.17) is 4.74 Å². The number of carbonyl (C=O) groups is 4. The quantitative estimate of drug-likeness (QED) is 0.574. The van der Waals surface area contributed by atoms with Crippen LogP contribution < -0.4 is 5.32 Å². The molecule has 0 aliphatic carbocycles. The molecule has 1 atom stereocenters. The number of alkyl carbamates (subject to hydrolysis) is 1. The first-order valence-corrected chi connectivity index (χ1v) is 6.30. The molecule has 1 amide bonds. The third kappa shape index (κ3) is 10.3. The predicted molar refractivity (Wildman–Crippen MR) is 71.2 cm³/mol. The van der Waals surface area contributed by atoms with Crippen LogP contribution in [0.4, 0.5) is 4.79 Å². The van der Waals surface area contributed by atoms with Crippen LogP contribution in [0.3, 0.4) is 0 Å². The minimum absolute atomic E-state index is 0.252. The molecular formula is C13H21NO7. The Hall–Kier alpha value is -2.12. The molecule has 21 heavy (non-hydrogen) atoms. The van der Waals surface area contributed by atoms with E-state index < -0.39 is 36.5 Å². The Morgan fingerprint density at radius 3 is 2.05 bits per heavy atom. The summed E-state index contributed by atoms with van der Waals surface area (Å²) in [6, 6.07) is -1.20. The Kier molecular flexibility index (Phi) is 7.40. The molecule has 0 aromatic rings. The van der Waals surface area contributed by atoms with Crippen molar-refractivity contribution in [3.8, 4) is 0 Å². The lowest BCUT2D eigenvalue weighted by atomic mass is 10.1. The highest BCUT2D eigenvalue weighted by Gasteiger charge is 2.26. The molecule has 0 bridgehead atoms. The van der Waals surface area contributed by atoms with Gasteiger partial charge in [-0.1, -0.05) is 0 Å². The fourth-order valence-electron chi connectivity index (χ4n) is 1.20. The van der Waals surface area contributed by atoms with Crippen molar-refractivity contribution in [2.45, 2.75) is 52.7 Å². The van der Waals surface area contributed by atoms with Crippen molar-refractivity contribution in [2.75, 3.05) is 6.79 Å². The normalized spacial score (nSPS) is 12.0. The topological polar surface area (TPSA) is 108 Å². The minimum atomic E-state index is -1.20. The summed E-state index contributed by atoms with van der Waals surface area (Å²) >= 11 is 0. The third-order valence-electron chi connectivity index (χ3n) is 1.93. The molecular weight excluding hydrogens is 282 g/mol. The third-order valence-corrected chi connectivity index (χ3v) is 1.93. The highest BCUT2D eigenvalue weighted by Crippen LogP contribution is 2.08. The van der Waals surface area contributed by atoms with E-state index in [1.807, 2.05) is 0 Å². The number of amides is 1. The summed E-state index contributed by atoms with van der Waals surface area (Å²) in [6.45, 7) is 6.81. The van der Waals surface area contributed by atoms with Gasteiger partial charge in [0.25, 0.3) is 0 Å². The van der Waals surface area contributed by atoms with Crippen molar-refractivity contribution < 1.29 is 33.4 Å². The molecule has 0 aromatic heterocycles. The maximum atomic E-state index is 11.7. The molecule has 1 N–H and O–H groups in total. The second-order valence-corrected chi connectivity index (χ2v) is 5.32. The molecule has 0 spiro atoms.